The van der Waals surface area contributed by atoms with Crippen LogP contribution in [0.25, 0.3) is 11.2 Å². The number of nitriles is 1. The lowest BCUT2D eigenvalue weighted by Crippen LogP contribution is -2.55. The van der Waals surface area contributed by atoms with Crippen LogP contribution in [0.3, 0.4) is 0 Å². The van der Waals surface area contributed by atoms with Crippen LogP contribution in [-0.4, -0.2) is 50.8 Å². The van der Waals surface area contributed by atoms with Gasteiger partial charge >= 0.3 is 0 Å². The Morgan fingerprint density at radius 3 is 2.91 bits per heavy atom. The number of carbonyl (C=O) groups excluding carboxylic acids is 2. The highest BCUT2D eigenvalue weighted by Crippen LogP contribution is 2.16. The Morgan fingerprint density at radius 2 is 2.18 bits per heavy atom. The van der Waals surface area contributed by atoms with Crippen LogP contribution in [0.1, 0.15) is 17.3 Å². The molecular formula is C14H14N6O2. The third-order valence-corrected chi connectivity index (χ3v) is 3.65. The first-order valence-electron chi connectivity index (χ1n) is 6.87. The number of likely N-dealkylation sites (tertiary alicyclic amines) is 1. The predicted molar refractivity (Wildman–Crippen MR) is 76.5 cm³/mol. The van der Waals surface area contributed by atoms with Gasteiger partial charge in [0.25, 0.3) is 5.91 Å². The highest BCUT2D eigenvalue weighted by Gasteiger charge is 2.33. The van der Waals surface area contributed by atoms with Crippen LogP contribution in [0.5, 0.6) is 0 Å². The van der Waals surface area contributed by atoms with Crippen molar-refractivity contribution in [1.82, 2.24) is 25.2 Å². The Labute approximate surface area is 126 Å². The van der Waals surface area contributed by atoms with E-state index in [0.717, 1.165) is 0 Å². The molecule has 2 N–H and O–H groups in total. The van der Waals surface area contributed by atoms with Gasteiger partial charge in [-0.2, -0.15) is 5.26 Å². The maximum absolute atomic E-state index is 12.3. The zero-order chi connectivity index (χ0) is 15.7. The van der Waals surface area contributed by atoms with Gasteiger partial charge in [-0.1, -0.05) is 0 Å². The summed E-state index contributed by atoms with van der Waals surface area (Å²) in [7, 11) is 0. The van der Waals surface area contributed by atoms with E-state index < -0.39 is 6.04 Å². The zero-order valence-electron chi connectivity index (χ0n) is 11.9. The quantitative estimate of drug-likeness (QED) is 0.831. The molecule has 22 heavy (non-hydrogen) atoms. The summed E-state index contributed by atoms with van der Waals surface area (Å²) in [6.07, 6.45) is 4.55. The number of carbonyl (C=O) groups is 2. The van der Waals surface area contributed by atoms with Gasteiger partial charge in [-0.3, -0.25) is 14.6 Å². The van der Waals surface area contributed by atoms with E-state index in [0.29, 0.717) is 29.8 Å². The molecule has 3 rings (SSSR count). The fourth-order valence-corrected chi connectivity index (χ4v) is 2.37. The van der Waals surface area contributed by atoms with Crippen molar-refractivity contribution < 1.29 is 9.59 Å². The van der Waals surface area contributed by atoms with Crippen LogP contribution in [0.15, 0.2) is 18.6 Å². The number of amides is 2. The summed E-state index contributed by atoms with van der Waals surface area (Å²) in [5, 5.41) is 11.4. The van der Waals surface area contributed by atoms with E-state index in [-0.39, 0.29) is 17.7 Å². The molecule has 0 bridgehead atoms. The Hall–Kier alpha value is -2.95. The molecule has 0 spiro atoms. The number of nitrogens with one attached hydrogen (secondary N) is 2. The average Bonchev–Trinajstić information content (AvgIpc) is 2.89. The lowest BCUT2D eigenvalue weighted by molar-refractivity contribution is -0.137. The van der Waals surface area contributed by atoms with Crippen molar-refractivity contribution in [3.05, 3.63) is 24.2 Å². The van der Waals surface area contributed by atoms with Crippen LogP contribution < -0.4 is 5.32 Å². The molecule has 112 valence electrons. The van der Waals surface area contributed by atoms with Gasteiger partial charge in [0.2, 0.25) is 5.91 Å². The summed E-state index contributed by atoms with van der Waals surface area (Å²) < 4.78 is 0. The Balaban J connectivity index is 1.67. The Bertz CT molecular complexity index is 771. The summed E-state index contributed by atoms with van der Waals surface area (Å²) in [4.78, 5) is 37.0. The van der Waals surface area contributed by atoms with Gasteiger partial charge in [0.05, 0.1) is 17.6 Å². The number of fused-ring (bicyclic) bond motifs is 1. The standard InChI is InChI=1S/C14H14N6O2/c1-8(14(22)20-6-9(4-15)7-20)19-13(21)10-5-18-12-11(10)16-2-3-17-12/h2-3,5,8-9H,6-7H2,1H3,(H,17,18)(H,19,21)/t8-/m1/s1. The van der Waals surface area contributed by atoms with E-state index in [4.69, 9.17) is 5.26 Å². The molecule has 2 amide bonds. The minimum atomic E-state index is -0.659. The molecule has 1 saturated heterocycles. The molecule has 2 aromatic rings. The molecule has 0 aliphatic carbocycles. The highest BCUT2D eigenvalue weighted by atomic mass is 16.2. The zero-order valence-corrected chi connectivity index (χ0v) is 11.9. The van der Waals surface area contributed by atoms with Crippen molar-refractivity contribution in [3.63, 3.8) is 0 Å². The van der Waals surface area contributed by atoms with Crippen LogP contribution in [0.4, 0.5) is 0 Å². The van der Waals surface area contributed by atoms with Gasteiger partial charge in [0.1, 0.15) is 11.6 Å². The van der Waals surface area contributed by atoms with Gasteiger partial charge < -0.3 is 15.2 Å². The molecule has 0 unspecified atom stereocenters. The largest absolute Gasteiger partial charge is 0.344 e. The molecule has 0 aromatic carbocycles. The van der Waals surface area contributed by atoms with Crippen LogP contribution in [-0.2, 0) is 4.79 Å². The number of hydrogen-bond acceptors (Lipinski definition) is 5. The third-order valence-electron chi connectivity index (χ3n) is 3.65. The smallest absolute Gasteiger partial charge is 0.255 e. The minimum absolute atomic E-state index is 0.101. The molecule has 1 atom stereocenters. The van der Waals surface area contributed by atoms with Crippen molar-refractivity contribution in [2.75, 3.05) is 13.1 Å². The third kappa shape index (κ3) is 2.37. The van der Waals surface area contributed by atoms with E-state index in [1.54, 1.807) is 11.8 Å². The summed E-state index contributed by atoms with van der Waals surface area (Å²) in [6, 6.07) is 1.45. The molecule has 8 heteroatoms. The minimum Gasteiger partial charge on any atom is -0.344 e. The highest BCUT2D eigenvalue weighted by molar-refractivity contribution is 6.05. The van der Waals surface area contributed by atoms with Gasteiger partial charge in [0, 0.05) is 31.7 Å². The van der Waals surface area contributed by atoms with Crippen molar-refractivity contribution in [3.8, 4) is 6.07 Å². The predicted octanol–water partition coefficient (Wildman–Crippen LogP) is 0.0582. The lowest BCUT2D eigenvalue weighted by Gasteiger charge is -2.37. The van der Waals surface area contributed by atoms with E-state index in [9.17, 15) is 9.59 Å². The van der Waals surface area contributed by atoms with Crippen molar-refractivity contribution >= 4 is 23.0 Å². The summed E-state index contributed by atoms with van der Waals surface area (Å²) in [5.41, 5.74) is 1.33. The number of aromatic amines is 1. The van der Waals surface area contributed by atoms with Crippen molar-refractivity contribution in [2.45, 2.75) is 13.0 Å². The molecule has 3 heterocycles. The normalized spacial score (nSPS) is 15.9. The summed E-state index contributed by atoms with van der Waals surface area (Å²) >= 11 is 0. The SMILES string of the molecule is C[C@@H](NC(=O)c1c[nH]c2nccnc12)C(=O)N1CC(C#N)C1. The number of hydrogen-bond donors (Lipinski definition) is 2. The molecule has 8 nitrogen and oxygen atoms in total. The first kappa shape index (κ1) is 14.0. The van der Waals surface area contributed by atoms with E-state index in [1.807, 2.05) is 0 Å². The topological polar surface area (TPSA) is 115 Å². The van der Waals surface area contributed by atoms with Crippen LogP contribution in [0, 0.1) is 17.2 Å². The first-order chi connectivity index (χ1) is 10.6. The molecule has 1 fully saturated rings. The summed E-state index contributed by atoms with van der Waals surface area (Å²) in [5.74, 6) is -0.675. The number of rotatable bonds is 3. The second-order valence-corrected chi connectivity index (χ2v) is 5.22. The fourth-order valence-electron chi connectivity index (χ4n) is 2.37. The van der Waals surface area contributed by atoms with Crippen molar-refractivity contribution in [1.29, 1.82) is 5.26 Å². The van der Waals surface area contributed by atoms with E-state index in [2.05, 4.69) is 26.3 Å². The molecule has 1 aliphatic rings. The number of nitrogens with zero attached hydrogens (tertiary/aromatic N) is 4. The lowest BCUT2D eigenvalue weighted by atomic mass is 10.0. The maximum Gasteiger partial charge on any atom is 0.255 e. The molecule has 0 saturated carbocycles. The molecule has 1 aliphatic heterocycles. The summed E-state index contributed by atoms with van der Waals surface area (Å²) in [6.45, 7) is 2.47. The first-order valence-corrected chi connectivity index (χ1v) is 6.87. The maximum atomic E-state index is 12.3. The number of aromatic nitrogens is 3. The molecule has 0 radical (unpaired) electrons. The fraction of sp³-hybridized carbons (Fsp3) is 0.357. The number of H-pyrrole nitrogens is 1. The molecule has 2 aromatic heterocycles. The van der Waals surface area contributed by atoms with Crippen LogP contribution in [0.2, 0.25) is 0 Å². The van der Waals surface area contributed by atoms with Gasteiger partial charge in [-0.25, -0.2) is 4.98 Å². The monoisotopic (exact) mass is 298 g/mol. The van der Waals surface area contributed by atoms with Gasteiger partial charge in [0.15, 0.2) is 5.65 Å². The van der Waals surface area contributed by atoms with Crippen molar-refractivity contribution in [2.24, 2.45) is 5.92 Å². The second kappa shape index (κ2) is 5.44. The Kier molecular flexibility index (Phi) is 3.47. The van der Waals surface area contributed by atoms with Crippen LogP contribution >= 0.6 is 0 Å². The molecular weight excluding hydrogens is 284 g/mol. The van der Waals surface area contributed by atoms with Gasteiger partial charge in [-0.15, -0.1) is 0 Å². The van der Waals surface area contributed by atoms with Gasteiger partial charge in [-0.05, 0) is 6.92 Å². The van der Waals surface area contributed by atoms with E-state index >= 15 is 0 Å². The Morgan fingerprint density at radius 1 is 1.45 bits per heavy atom. The average molecular weight is 298 g/mol. The second-order valence-electron chi connectivity index (χ2n) is 5.22. The van der Waals surface area contributed by atoms with E-state index in [1.165, 1.54) is 18.6 Å².